The van der Waals surface area contributed by atoms with Gasteiger partial charge in [-0.2, -0.15) is 13.2 Å². The second-order valence-corrected chi connectivity index (χ2v) is 4.41. The molecule has 96 valence electrons. The van der Waals surface area contributed by atoms with Crippen LogP contribution in [0.4, 0.5) is 13.2 Å². The van der Waals surface area contributed by atoms with Gasteiger partial charge in [-0.15, -0.1) is 0 Å². The first kappa shape index (κ1) is 13.2. The summed E-state index contributed by atoms with van der Waals surface area (Å²) in [7, 11) is 0. The van der Waals surface area contributed by atoms with Crippen LogP contribution in [0, 0.1) is 6.92 Å². The first-order valence-corrected chi connectivity index (χ1v) is 5.43. The standard InChI is InChI=1S/C10H5Cl2F3N2O/c1-3-2-4(11)7-5(6(3)12)8(18)17-9(16-7)10(13,14)15/h2H,1H3,(H,16,17,18). The number of nitrogens with one attached hydrogen (secondary N) is 1. The monoisotopic (exact) mass is 296 g/mol. The van der Waals surface area contributed by atoms with Crippen molar-refractivity contribution in [2.45, 2.75) is 13.1 Å². The maximum Gasteiger partial charge on any atom is 0.449 e. The largest absolute Gasteiger partial charge is 0.449 e. The number of aromatic nitrogens is 2. The Morgan fingerprint density at radius 2 is 1.94 bits per heavy atom. The van der Waals surface area contributed by atoms with Gasteiger partial charge in [0.05, 0.1) is 20.9 Å². The van der Waals surface area contributed by atoms with Crippen molar-refractivity contribution in [2.24, 2.45) is 0 Å². The van der Waals surface area contributed by atoms with Crippen molar-refractivity contribution in [3.63, 3.8) is 0 Å². The third kappa shape index (κ3) is 2.06. The van der Waals surface area contributed by atoms with Crippen molar-refractivity contribution in [2.75, 3.05) is 0 Å². The minimum atomic E-state index is -4.76. The van der Waals surface area contributed by atoms with E-state index in [2.05, 4.69) is 4.98 Å². The van der Waals surface area contributed by atoms with E-state index in [0.29, 0.717) is 5.56 Å². The fraction of sp³-hybridized carbons (Fsp3) is 0.200. The van der Waals surface area contributed by atoms with Crippen LogP contribution in [0.1, 0.15) is 11.4 Å². The molecule has 1 aromatic heterocycles. The second kappa shape index (κ2) is 4.13. The van der Waals surface area contributed by atoms with Crippen molar-refractivity contribution in [3.8, 4) is 0 Å². The van der Waals surface area contributed by atoms with Gasteiger partial charge in [0.25, 0.3) is 5.56 Å². The van der Waals surface area contributed by atoms with Crippen molar-refractivity contribution in [1.82, 2.24) is 9.97 Å². The van der Waals surface area contributed by atoms with Gasteiger partial charge in [0.15, 0.2) is 0 Å². The molecule has 1 heterocycles. The fourth-order valence-electron chi connectivity index (χ4n) is 1.50. The average molecular weight is 297 g/mol. The Kier molecular flexibility index (Phi) is 3.03. The third-order valence-electron chi connectivity index (χ3n) is 2.32. The number of halogens is 5. The predicted molar refractivity (Wildman–Crippen MR) is 62.1 cm³/mol. The summed E-state index contributed by atoms with van der Waals surface area (Å²) in [6, 6.07) is 1.36. The van der Waals surface area contributed by atoms with Crippen LogP contribution in [-0.4, -0.2) is 9.97 Å². The third-order valence-corrected chi connectivity index (χ3v) is 3.10. The lowest BCUT2D eigenvalue weighted by Gasteiger charge is -2.09. The molecule has 0 atom stereocenters. The molecule has 3 nitrogen and oxygen atoms in total. The van der Waals surface area contributed by atoms with Gasteiger partial charge in [0.2, 0.25) is 5.82 Å². The highest BCUT2D eigenvalue weighted by molar-refractivity contribution is 6.40. The lowest BCUT2D eigenvalue weighted by molar-refractivity contribution is -0.144. The molecule has 8 heteroatoms. The maximum absolute atomic E-state index is 12.5. The molecule has 0 saturated heterocycles. The minimum absolute atomic E-state index is 0.0388. The van der Waals surface area contributed by atoms with Gasteiger partial charge in [0.1, 0.15) is 0 Å². The summed E-state index contributed by atoms with van der Waals surface area (Å²) in [5.41, 5.74) is -0.743. The Hall–Kier alpha value is -1.27. The van der Waals surface area contributed by atoms with Crippen molar-refractivity contribution in [3.05, 3.63) is 37.9 Å². The number of rotatable bonds is 0. The van der Waals surface area contributed by atoms with E-state index in [0.717, 1.165) is 0 Å². The Labute approximate surface area is 109 Å². The zero-order chi connectivity index (χ0) is 13.7. The Bertz CT molecular complexity index is 694. The zero-order valence-corrected chi connectivity index (χ0v) is 10.3. The number of nitrogens with zero attached hydrogens (tertiary/aromatic N) is 1. The van der Waals surface area contributed by atoms with Gasteiger partial charge in [-0.05, 0) is 18.6 Å². The molecule has 2 rings (SSSR count). The Morgan fingerprint density at radius 3 is 2.50 bits per heavy atom. The molecule has 0 unspecified atom stereocenters. The molecule has 2 aromatic rings. The highest BCUT2D eigenvalue weighted by Gasteiger charge is 2.35. The van der Waals surface area contributed by atoms with Crippen LogP contribution in [0.15, 0.2) is 10.9 Å². The molecule has 18 heavy (non-hydrogen) atoms. The first-order chi connectivity index (χ1) is 8.21. The number of aromatic amines is 1. The zero-order valence-electron chi connectivity index (χ0n) is 8.82. The molecule has 0 aliphatic heterocycles. The van der Waals surface area contributed by atoms with E-state index in [-0.39, 0.29) is 20.9 Å². The maximum atomic E-state index is 12.5. The molecule has 0 radical (unpaired) electrons. The Morgan fingerprint density at radius 1 is 1.33 bits per heavy atom. The molecular formula is C10H5Cl2F3N2O. The number of alkyl halides is 3. The van der Waals surface area contributed by atoms with Gasteiger partial charge < -0.3 is 4.98 Å². The van der Waals surface area contributed by atoms with Gasteiger partial charge in [-0.3, -0.25) is 4.79 Å². The summed E-state index contributed by atoms with van der Waals surface area (Å²) in [4.78, 5) is 16.6. The van der Waals surface area contributed by atoms with E-state index >= 15 is 0 Å². The number of hydrogen-bond acceptors (Lipinski definition) is 2. The Balaban J connectivity index is 2.96. The highest BCUT2D eigenvalue weighted by atomic mass is 35.5. The molecule has 0 bridgehead atoms. The van der Waals surface area contributed by atoms with Gasteiger partial charge >= 0.3 is 6.18 Å². The van der Waals surface area contributed by atoms with E-state index in [1.165, 1.54) is 6.07 Å². The van der Waals surface area contributed by atoms with Crippen molar-refractivity contribution < 1.29 is 13.2 Å². The number of fused-ring (bicyclic) bond motifs is 1. The van der Waals surface area contributed by atoms with Crippen LogP contribution in [0.2, 0.25) is 10.0 Å². The van der Waals surface area contributed by atoms with Gasteiger partial charge in [-0.1, -0.05) is 23.2 Å². The summed E-state index contributed by atoms with van der Waals surface area (Å²) in [5, 5.41) is -0.157. The number of benzene rings is 1. The fourth-order valence-corrected chi connectivity index (χ4v) is 2.03. The quantitative estimate of drug-likeness (QED) is 0.808. The molecule has 0 fully saturated rings. The number of aryl methyl sites for hydroxylation is 1. The number of hydrogen-bond donors (Lipinski definition) is 1. The van der Waals surface area contributed by atoms with Crippen LogP contribution in [-0.2, 0) is 6.18 Å². The first-order valence-electron chi connectivity index (χ1n) is 4.67. The summed E-state index contributed by atoms with van der Waals surface area (Å²) < 4.78 is 37.5. The van der Waals surface area contributed by atoms with E-state index in [1.807, 2.05) is 0 Å². The lowest BCUT2D eigenvalue weighted by Crippen LogP contribution is -2.19. The van der Waals surface area contributed by atoms with Crippen LogP contribution in [0.5, 0.6) is 0 Å². The molecule has 0 spiro atoms. The van der Waals surface area contributed by atoms with Crippen LogP contribution in [0.25, 0.3) is 10.9 Å². The molecule has 0 aliphatic carbocycles. The van der Waals surface area contributed by atoms with Gasteiger partial charge in [-0.25, -0.2) is 4.98 Å². The normalized spacial score (nSPS) is 12.1. The predicted octanol–water partition coefficient (Wildman–Crippen LogP) is 3.56. The average Bonchev–Trinajstić information content (AvgIpc) is 2.24. The topological polar surface area (TPSA) is 45.8 Å². The summed E-state index contributed by atoms with van der Waals surface area (Å²) in [6.45, 7) is 1.59. The van der Waals surface area contributed by atoms with Crippen LogP contribution in [0.3, 0.4) is 0 Å². The van der Waals surface area contributed by atoms with Gasteiger partial charge in [0, 0.05) is 0 Å². The molecule has 0 saturated carbocycles. The molecule has 0 amide bonds. The van der Waals surface area contributed by atoms with E-state index < -0.39 is 17.6 Å². The highest BCUT2D eigenvalue weighted by Crippen LogP contribution is 2.32. The van der Waals surface area contributed by atoms with E-state index in [9.17, 15) is 18.0 Å². The van der Waals surface area contributed by atoms with E-state index in [4.69, 9.17) is 23.2 Å². The summed E-state index contributed by atoms with van der Waals surface area (Å²) in [5.74, 6) is -1.40. The molecule has 1 aromatic carbocycles. The SMILES string of the molecule is Cc1cc(Cl)c2nc(C(F)(F)F)[nH]c(=O)c2c1Cl. The second-order valence-electron chi connectivity index (χ2n) is 3.63. The van der Waals surface area contributed by atoms with Crippen LogP contribution >= 0.6 is 23.2 Å². The number of H-pyrrole nitrogens is 1. The van der Waals surface area contributed by atoms with Crippen LogP contribution < -0.4 is 5.56 Å². The smallest absolute Gasteiger partial charge is 0.302 e. The van der Waals surface area contributed by atoms with E-state index in [1.54, 1.807) is 11.9 Å². The van der Waals surface area contributed by atoms with Crippen molar-refractivity contribution in [1.29, 1.82) is 0 Å². The summed E-state index contributed by atoms with van der Waals surface area (Å²) in [6.07, 6.45) is -4.76. The molecule has 0 aliphatic rings. The van der Waals surface area contributed by atoms with Crippen molar-refractivity contribution >= 4 is 34.1 Å². The molecule has 1 N–H and O–H groups in total. The molecular weight excluding hydrogens is 292 g/mol. The minimum Gasteiger partial charge on any atom is -0.302 e. The lowest BCUT2D eigenvalue weighted by atomic mass is 10.1. The summed E-state index contributed by atoms with van der Waals surface area (Å²) >= 11 is 11.7.